The normalized spacial score (nSPS) is 10.4. The molecule has 0 radical (unpaired) electrons. The number of nitriles is 1. The molecule has 0 unspecified atom stereocenters. The molecule has 3 aromatic rings. The molecule has 1 aromatic carbocycles. The molecule has 5 heteroatoms. The topological polar surface area (TPSA) is 70.8 Å². The standard InChI is InChI=1S/C19H18N4O/c1-12-6-13(2)18-16(7-12)19(15(9-20)11-23-18)22-10-14-4-5-21-17(8-14)24-3/h4-8,11H,10H2,1-3H3,(H,22,23). The molecule has 0 fully saturated rings. The Hall–Kier alpha value is -3.13. The number of hydrogen-bond acceptors (Lipinski definition) is 5. The molecule has 0 bridgehead atoms. The van der Waals surface area contributed by atoms with Crippen LogP contribution in [0, 0.1) is 25.2 Å². The molecule has 120 valence electrons. The fourth-order valence-electron chi connectivity index (χ4n) is 2.80. The summed E-state index contributed by atoms with van der Waals surface area (Å²) in [6.07, 6.45) is 3.33. The summed E-state index contributed by atoms with van der Waals surface area (Å²) in [7, 11) is 1.59. The third-order valence-corrected chi connectivity index (χ3v) is 3.90. The van der Waals surface area contributed by atoms with Crippen LogP contribution in [-0.4, -0.2) is 17.1 Å². The summed E-state index contributed by atoms with van der Waals surface area (Å²) in [6, 6.07) is 10.2. The molecule has 0 saturated heterocycles. The van der Waals surface area contributed by atoms with Crippen molar-refractivity contribution in [2.75, 3.05) is 12.4 Å². The van der Waals surface area contributed by atoms with Crippen molar-refractivity contribution in [2.24, 2.45) is 0 Å². The van der Waals surface area contributed by atoms with E-state index < -0.39 is 0 Å². The van der Waals surface area contributed by atoms with E-state index in [0.29, 0.717) is 18.0 Å². The van der Waals surface area contributed by atoms with Crippen LogP contribution in [-0.2, 0) is 6.54 Å². The number of ether oxygens (including phenoxy) is 1. The summed E-state index contributed by atoms with van der Waals surface area (Å²) >= 11 is 0. The first-order valence-corrected chi connectivity index (χ1v) is 7.65. The van der Waals surface area contributed by atoms with E-state index in [1.807, 2.05) is 26.0 Å². The van der Waals surface area contributed by atoms with E-state index in [1.54, 1.807) is 19.5 Å². The van der Waals surface area contributed by atoms with Gasteiger partial charge in [0.05, 0.1) is 23.9 Å². The van der Waals surface area contributed by atoms with Crippen molar-refractivity contribution in [3.8, 4) is 11.9 Å². The average molecular weight is 318 g/mol. The second-order valence-electron chi connectivity index (χ2n) is 5.70. The Balaban J connectivity index is 2.02. The zero-order chi connectivity index (χ0) is 17.1. The highest BCUT2D eigenvalue weighted by Gasteiger charge is 2.11. The van der Waals surface area contributed by atoms with E-state index >= 15 is 0 Å². The Morgan fingerprint density at radius 3 is 2.79 bits per heavy atom. The van der Waals surface area contributed by atoms with E-state index in [4.69, 9.17) is 4.74 Å². The summed E-state index contributed by atoms with van der Waals surface area (Å²) in [5.41, 5.74) is 5.53. The highest BCUT2D eigenvalue weighted by molar-refractivity contribution is 5.96. The van der Waals surface area contributed by atoms with E-state index in [1.165, 1.54) is 0 Å². The molecule has 0 aliphatic carbocycles. The minimum atomic E-state index is 0.536. The number of nitrogens with one attached hydrogen (secondary N) is 1. The van der Waals surface area contributed by atoms with Crippen molar-refractivity contribution in [2.45, 2.75) is 20.4 Å². The fourth-order valence-corrected chi connectivity index (χ4v) is 2.80. The molecule has 24 heavy (non-hydrogen) atoms. The summed E-state index contributed by atoms with van der Waals surface area (Å²) < 4.78 is 5.15. The molecule has 0 aliphatic heterocycles. The van der Waals surface area contributed by atoms with Gasteiger partial charge in [-0.1, -0.05) is 11.6 Å². The minimum absolute atomic E-state index is 0.536. The van der Waals surface area contributed by atoms with Gasteiger partial charge in [0, 0.05) is 30.4 Å². The maximum absolute atomic E-state index is 9.44. The number of pyridine rings is 2. The molecule has 1 N–H and O–H groups in total. The summed E-state index contributed by atoms with van der Waals surface area (Å²) in [5.74, 6) is 0.570. The van der Waals surface area contributed by atoms with Crippen LogP contribution in [0.5, 0.6) is 5.88 Å². The highest BCUT2D eigenvalue weighted by atomic mass is 16.5. The van der Waals surface area contributed by atoms with Gasteiger partial charge in [-0.3, -0.25) is 4.98 Å². The first-order chi connectivity index (χ1) is 11.6. The largest absolute Gasteiger partial charge is 0.481 e. The molecular weight excluding hydrogens is 300 g/mol. The van der Waals surface area contributed by atoms with Crippen LogP contribution in [0.2, 0.25) is 0 Å². The molecule has 2 aromatic heterocycles. The summed E-state index contributed by atoms with van der Waals surface area (Å²) in [5, 5.41) is 13.8. The number of aromatic nitrogens is 2. The zero-order valence-corrected chi connectivity index (χ0v) is 13.9. The molecule has 0 spiro atoms. The van der Waals surface area contributed by atoms with Crippen molar-refractivity contribution in [1.29, 1.82) is 5.26 Å². The second kappa shape index (κ2) is 6.55. The van der Waals surface area contributed by atoms with Crippen LogP contribution < -0.4 is 10.1 Å². The van der Waals surface area contributed by atoms with Gasteiger partial charge in [0.25, 0.3) is 0 Å². The van der Waals surface area contributed by atoms with Crippen molar-refractivity contribution < 1.29 is 4.74 Å². The molecular formula is C19H18N4O. The van der Waals surface area contributed by atoms with Crippen molar-refractivity contribution in [3.05, 3.63) is 58.9 Å². The van der Waals surface area contributed by atoms with Crippen molar-refractivity contribution in [3.63, 3.8) is 0 Å². The van der Waals surface area contributed by atoms with Gasteiger partial charge >= 0.3 is 0 Å². The van der Waals surface area contributed by atoms with Crippen LogP contribution in [0.25, 0.3) is 10.9 Å². The Kier molecular flexibility index (Phi) is 4.30. The minimum Gasteiger partial charge on any atom is -0.481 e. The predicted octanol–water partition coefficient (Wildman–Crippen LogP) is 3.74. The lowest BCUT2D eigenvalue weighted by molar-refractivity contribution is 0.397. The van der Waals surface area contributed by atoms with E-state index in [-0.39, 0.29) is 0 Å². The maximum atomic E-state index is 9.44. The van der Waals surface area contributed by atoms with Gasteiger partial charge in [-0.05, 0) is 37.1 Å². The van der Waals surface area contributed by atoms with Gasteiger partial charge in [-0.2, -0.15) is 5.26 Å². The number of methoxy groups -OCH3 is 1. The Morgan fingerprint density at radius 1 is 1.21 bits per heavy atom. The summed E-state index contributed by atoms with van der Waals surface area (Å²) in [4.78, 5) is 8.55. The Morgan fingerprint density at radius 2 is 2.04 bits per heavy atom. The molecule has 0 amide bonds. The van der Waals surface area contributed by atoms with Gasteiger partial charge in [0.15, 0.2) is 0 Å². The maximum Gasteiger partial charge on any atom is 0.213 e. The lowest BCUT2D eigenvalue weighted by Crippen LogP contribution is -2.04. The van der Waals surface area contributed by atoms with Crippen LogP contribution >= 0.6 is 0 Å². The Bertz CT molecular complexity index is 944. The van der Waals surface area contributed by atoms with Gasteiger partial charge in [-0.15, -0.1) is 0 Å². The number of hydrogen-bond donors (Lipinski definition) is 1. The van der Waals surface area contributed by atoms with Crippen LogP contribution in [0.1, 0.15) is 22.3 Å². The second-order valence-corrected chi connectivity index (χ2v) is 5.70. The molecule has 2 heterocycles. The third-order valence-electron chi connectivity index (χ3n) is 3.90. The van der Waals surface area contributed by atoms with Crippen LogP contribution in [0.15, 0.2) is 36.7 Å². The van der Waals surface area contributed by atoms with E-state index in [2.05, 4.69) is 33.5 Å². The number of fused-ring (bicyclic) bond motifs is 1. The van der Waals surface area contributed by atoms with Crippen molar-refractivity contribution >= 4 is 16.6 Å². The number of rotatable bonds is 4. The summed E-state index contributed by atoms with van der Waals surface area (Å²) in [6.45, 7) is 4.65. The SMILES string of the molecule is COc1cc(CNc2c(C#N)cnc3c(C)cc(C)cc23)ccn1. The van der Waals surface area contributed by atoms with E-state index in [9.17, 15) is 5.26 Å². The average Bonchev–Trinajstić information content (AvgIpc) is 2.59. The lowest BCUT2D eigenvalue weighted by atomic mass is 10.0. The fraction of sp³-hybridized carbons (Fsp3) is 0.211. The first kappa shape index (κ1) is 15.8. The van der Waals surface area contributed by atoms with Gasteiger partial charge in [-0.25, -0.2) is 4.98 Å². The first-order valence-electron chi connectivity index (χ1n) is 7.65. The molecule has 0 aliphatic rings. The van der Waals surface area contributed by atoms with Crippen LogP contribution in [0.3, 0.4) is 0 Å². The smallest absolute Gasteiger partial charge is 0.213 e. The molecule has 3 rings (SSSR count). The number of anilines is 1. The lowest BCUT2D eigenvalue weighted by Gasteiger charge is -2.13. The van der Waals surface area contributed by atoms with E-state index in [0.717, 1.165) is 33.3 Å². The molecule has 5 nitrogen and oxygen atoms in total. The zero-order valence-electron chi connectivity index (χ0n) is 13.9. The third kappa shape index (κ3) is 2.99. The van der Waals surface area contributed by atoms with Crippen molar-refractivity contribution in [1.82, 2.24) is 9.97 Å². The quantitative estimate of drug-likeness (QED) is 0.793. The van der Waals surface area contributed by atoms with Gasteiger partial charge < -0.3 is 10.1 Å². The predicted molar refractivity (Wildman–Crippen MR) is 94.0 cm³/mol. The molecule has 0 atom stereocenters. The highest BCUT2D eigenvalue weighted by Crippen LogP contribution is 2.29. The Labute approximate surface area is 140 Å². The van der Waals surface area contributed by atoms with Crippen LogP contribution in [0.4, 0.5) is 5.69 Å². The number of nitrogens with zero attached hydrogens (tertiary/aromatic N) is 3. The monoisotopic (exact) mass is 318 g/mol. The number of benzene rings is 1. The number of aryl methyl sites for hydroxylation is 2. The van der Waals surface area contributed by atoms with Gasteiger partial charge in [0.2, 0.25) is 5.88 Å². The molecule has 0 saturated carbocycles. The van der Waals surface area contributed by atoms with Gasteiger partial charge in [0.1, 0.15) is 6.07 Å².